The van der Waals surface area contributed by atoms with Crippen LogP contribution in [-0.4, -0.2) is 21.4 Å². The van der Waals surface area contributed by atoms with E-state index in [1.165, 1.54) is 25.2 Å². The summed E-state index contributed by atoms with van der Waals surface area (Å²) in [4.78, 5) is 12.6. The lowest BCUT2D eigenvalue weighted by Crippen LogP contribution is -2.27. The van der Waals surface area contributed by atoms with Gasteiger partial charge in [0.1, 0.15) is 0 Å². The molecule has 3 rings (SSSR count). The van der Waals surface area contributed by atoms with Crippen LogP contribution in [0.25, 0.3) is 0 Å². The van der Waals surface area contributed by atoms with Gasteiger partial charge in [-0.1, -0.05) is 51.8 Å². The van der Waals surface area contributed by atoms with E-state index in [0.29, 0.717) is 11.4 Å². The Morgan fingerprint density at radius 2 is 1.71 bits per heavy atom. The van der Waals surface area contributed by atoms with Crippen molar-refractivity contribution in [3.8, 4) is 0 Å². The van der Waals surface area contributed by atoms with Crippen LogP contribution in [-0.2, 0) is 10.0 Å². The van der Waals surface area contributed by atoms with E-state index in [1.807, 2.05) is 6.07 Å². The summed E-state index contributed by atoms with van der Waals surface area (Å²) in [7, 11) is -2.40. The normalized spacial score (nSPS) is 11.1. The first-order valence-electron chi connectivity index (χ1n) is 8.19. The number of nitrogens with zero attached hydrogens (tertiary/aromatic N) is 1. The van der Waals surface area contributed by atoms with Crippen LogP contribution in [0.2, 0.25) is 5.02 Å². The highest BCUT2D eigenvalue weighted by atomic mass is 79.9. The zero-order valence-electron chi connectivity index (χ0n) is 14.8. The molecule has 1 N–H and O–H groups in total. The molecule has 3 aromatic rings. The molecule has 0 saturated heterocycles. The predicted molar refractivity (Wildman–Crippen MR) is 116 cm³/mol. The number of anilines is 2. The smallest absolute Gasteiger partial charge is 0.264 e. The Kier molecular flexibility index (Phi) is 6.07. The number of amides is 1. The molecule has 0 aliphatic rings. The number of sulfonamides is 1. The molecule has 0 aliphatic heterocycles. The van der Waals surface area contributed by atoms with E-state index in [0.717, 1.165) is 8.78 Å². The number of benzene rings is 3. The van der Waals surface area contributed by atoms with Crippen LogP contribution in [0.15, 0.2) is 82.2 Å². The van der Waals surface area contributed by atoms with Crippen molar-refractivity contribution in [2.75, 3.05) is 16.7 Å². The van der Waals surface area contributed by atoms with Gasteiger partial charge in [-0.05, 0) is 48.5 Å². The number of carbonyl (C=O) groups is 1. The van der Waals surface area contributed by atoms with Crippen molar-refractivity contribution >= 4 is 54.8 Å². The van der Waals surface area contributed by atoms with E-state index in [9.17, 15) is 13.2 Å². The number of carbonyl (C=O) groups excluding carboxylic acids is 1. The quantitative estimate of drug-likeness (QED) is 0.548. The summed E-state index contributed by atoms with van der Waals surface area (Å²) in [5, 5.41) is 2.88. The number of nitrogens with one attached hydrogen (secondary N) is 1. The third-order valence-electron chi connectivity index (χ3n) is 4.04. The number of hydrogen-bond acceptors (Lipinski definition) is 3. The van der Waals surface area contributed by atoms with Gasteiger partial charge in [-0.2, -0.15) is 0 Å². The minimum Gasteiger partial charge on any atom is -0.322 e. The molecule has 0 atom stereocenters. The van der Waals surface area contributed by atoms with E-state index >= 15 is 0 Å². The van der Waals surface area contributed by atoms with Crippen molar-refractivity contribution in [1.29, 1.82) is 0 Å². The molecule has 144 valence electrons. The van der Waals surface area contributed by atoms with E-state index in [-0.39, 0.29) is 15.5 Å². The maximum absolute atomic E-state index is 13.0. The van der Waals surface area contributed by atoms with Crippen LogP contribution >= 0.6 is 27.5 Å². The molecule has 0 aliphatic carbocycles. The highest BCUT2D eigenvalue weighted by molar-refractivity contribution is 9.10. The number of halogens is 2. The Morgan fingerprint density at radius 1 is 1.00 bits per heavy atom. The number of para-hydroxylation sites is 1. The fraction of sp³-hybridized carbons (Fsp3) is 0.0500. The van der Waals surface area contributed by atoms with Crippen molar-refractivity contribution in [3.05, 3.63) is 87.9 Å². The number of hydrogen-bond donors (Lipinski definition) is 1. The van der Waals surface area contributed by atoms with Crippen LogP contribution in [0, 0.1) is 0 Å². The first-order valence-corrected chi connectivity index (χ1v) is 10.8. The zero-order valence-corrected chi connectivity index (χ0v) is 17.9. The third-order valence-corrected chi connectivity index (χ3v) is 6.65. The standard InChI is InChI=1S/C20H16BrClN2O3S/c1-24(16-8-3-2-4-9-16)28(26,27)17-10-11-19(22)18(13-17)20(25)23-15-7-5-6-14(21)12-15/h2-13H,1H3,(H,23,25). The van der Waals surface area contributed by atoms with Crippen LogP contribution in [0.5, 0.6) is 0 Å². The Labute approximate surface area is 177 Å². The highest BCUT2D eigenvalue weighted by Gasteiger charge is 2.23. The van der Waals surface area contributed by atoms with Gasteiger partial charge in [-0.15, -0.1) is 0 Å². The van der Waals surface area contributed by atoms with E-state index in [2.05, 4.69) is 21.2 Å². The molecule has 5 nitrogen and oxygen atoms in total. The van der Waals surface area contributed by atoms with Crippen molar-refractivity contribution in [3.63, 3.8) is 0 Å². The first-order chi connectivity index (χ1) is 13.3. The molecule has 8 heteroatoms. The second-order valence-corrected chi connectivity index (χ2v) is 9.21. The SMILES string of the molecule is CN(c1ccccc1)S(=O)(=O)c1ccc(Cl)c(C(=O)Nc2cccc(Br)c2)c1. The molecular formula is C20H16BrClN2O3S. The largest absolute Gasteiger partial charge is 0.322 e. The van der Waals surface area contributed by atoms with Crippen LogP contribution in [0.4, 0.5) is 11.4 Å². The maximum atomic E-state index is 13.0. The van der Waals surface area contributed by atoms with Crippen molar-refractivity contribution in [2.24, 2.45) is 0 Å². The molecule has 1 amide bonds. The Morgan fingerprint density at radius 3 is 2.39 bits per heavy atom. The molecule has 0 unspecified atom stereocenters. The molecule has 0 spiro atoms. The summed E-state index contributed by atoms with van der Waals surface area (Å²) in [6, 6.07) is 19.8. The molecular weight excluding hydrogens is 464 g/mol. The van der Waals surface area contributed by atoms with Crippen molar-refractivity contribution < 1.29 is 13.2 Å². The molecule has 3 aromatic carbocycles. The van der Waals surface area contributed by atoms with Gasteiger partial charge < -0.3 is 5.32 Å². The monoisotopic (exact) mass is 478 g/mol. The average molecular weight is 480 g/mol. The summed E-state index contributed by atoms with van der Waals surface area (Å²) >= 11 is 9.49. The topological polar surface area (TPSA) is 66.5 Å². The van der Waals surface area contributed by atoms with Crippen molar-refractivity contribution in [2.45, 2.75) is 4.90 Å². The molecule has 0 aromatic heterocycles. The molecule has 0 heterocycles. The summed E-state index contributed by atoms with van der Waals surface area (Å²) in [6.45, 7) is 0. The zero-order chi connectivity index (χ0) is 20.3. The minimum absolute atomic E-state index is 0.0253. The average Bonchev–Trinajstić information content (AvgIpc) is 2.68. The lowest BCUT2D eigenvalue weighted by molar-refractivity contribution is 0.102. The molecule has 28 heavy (non-hydrogen) atoms. The van der Waals surface area contributed by atoms with E-state index in [4.69, 9.17) is 11.6 Å². The van der Waals surface area contributed by atoms with Crippen LogP contribution < -0.4 is 9.62 Å². The second kappa shape index (κ2) is 8.34. The predicted octanol–water partition coefficient (Wildman–Crippen LogP) is 5.18. The maximum Gasteiger partial charge on any atom is 0.264 e. The van der Waals surface area contributed by atoms with Gasteiger partial charge >= 0.3 is 0 Å². The Bertz CT molecular complexity index is 1120. The Hall–Kier alpha value is -2.35. The molecule has 0 radical (unpaired) electrons. The minimum atomic E-state index is -3.86. The van der Waals surface area contributed by atoms with Crippen LogP contribution in [0.3, 0.4) is 0 Å². The molecule has 0 saturated carbocycles. The van der Waals surface area contributed by atoms with Gasteiger partial charge in [0, 0.05) is 17.2 Å². The van der Waals surface area contributed by atoms with Gasteiger partial charge in [-0.25, -0.2) is 8.42 Å². The van der Waals surface area contributed by atoms with Crippen LogP contribution in [0.1, 0.15) is 10.4 Å². The molecule has 0 bridgehead atoms. The van der Waals surface area contributed by atoms with Crippen molar-refractivity contribution in [1.82, 2.24) is 0 Å². The van der Waals surface area contributed by atoms with E-state index in [1.54, 1.807) is 48.5 Å². The van der Waals surface area contributed by atoms with Gasteiger partial charge in [-0.3, -0.25) is 9.10 Å². The fourth-order valence-electron chi connectivity index (χ4n) is 2.54. The van der Waals surface area contributed by atoms with E-state index < -0.39 is 15.9 Å². The van der Waals surface area contributed by atoms with Gasteiger partial charge in [0.25, 0.3) is 15.9 Å². The second-order valence-electron chi connectivity index (χ2n) is 5.91. The Balaban J connectivity index is 1.93. The molecule has 0 fully saturated rings. The lowest BCUT2D eigenvalue weighted by atomic mass is 10.2. The third kappa shape index (κ3) is 4.38. The fourth-order valence-corrected chi connectivity index (χ4v) is 4.36. The first kappa shape index (κ1) is 20.4. The lowest BCUT2D eigenvalue weighted by Gasteiger charge is -2.20. The van der Waals surface area contributed by atoms with Gasteiger partial charge in [0.2, 0.25) is 0 Å². The van der Waals surface area contributed by atoms with Gasteiger partial charge in [0.05, 0.1) is 21.2 Å². The summed E-state index contributed by atoms with van der Waals surface area (Å²) in [6.07, 6.45) is 0. The summed E-state index contributed by atoms with van der Waals surface area (Å²) < 4.78 is 27.9. The summed E-state index contributed by atoms with van der Waals surface area (Å²) in [5.41, 5.74) is 1.15. The van der Waals surface area contributed by atoms with Gasteiger partial charge in [0.15, 0.2) is 0 Å². The summed E-state index contributed by atoms with van der Waals surface area (Å²) in [5.74, 6) is -0.498. The number of rotatable bonds is 5. The highest BCUT2D eigenvalue weighted by Crippen LogP contribution is 2.26.